The lowest BCUT2D eigenvalue weighted by Crippen LogP contribution is -2.62. The molecule has 1 atom stereocenters. The van der Waals surface area contributed by atoms with Crippen molar-refractivity contribution in [3.8, 4) is 0 Å². The highest BCUT2D eigenvalue weighted by molar-refractivity contribution is 5.95. The standard InChI is InChI=1S/C17H24N2O2/c1-17(2,3)15-16(21)19(12-14(20)18-15)11-7-10-13-8-5-4-6-9-13/h4-6,8-9,15H,7,10-12H2,1-3H3,(H,18,20). The summed E-state index contributed by atoms with van der Waals surface area (Å²) < 4.78 is 0. The third-order valence-electron chi connectivity index (χ3n) is 3.80. The molecule has 1 N–H and O–H groups in total. The van der Waals surface area contributed by atoms with E-state index in [2.05, 4.69) is 17.4 Å². The van der Waals surface area contributed by atoms with E-state index in [-0.39, 0.29) is 23.8 Å². The Kier molecular flexibility index (Phi) is 4.66. The number of rotatable bonds is 4. The maximum atomic E-state index is 12.5. The van der Waals surface area contributed by atoms with Crippen LogP contribution in [0.1, 0.15) is 32.8 Å². The number of hydrogen-bond acceptors (Lipinski definition) is 2. The summed E-state index contributed by atoms with van der Waals surface area (Å²) in [6.45, 7) is 6.74. The van der Waals surface area contributed by atoms with Crippen molar-refractivity contribution in [2.75, 3.05) is 13.1 Å². The Morgan fingerprint density at radius 2 is 1.86 bits per heavy atom. The van der Waals surface area contributed by atoms with Gasteiger partial charge in [-0.05, 0) is 23.8 Å². The van der Waals surface area contributed by atoms with Crippen molar-refractivity contribution in [1.82, 2.24) is 10.2 Å². The quantitative estimate of drug-likeness (QED) is 0.921. The fraction of sp³-hybridized carbons (Fsp3) is 0.529. The molecule has 1 unspecified atom stereocenters. The molecule has 1 fully saturated rings. The maximum Gasteiger partial charge on any atom is 0.246 e. The molecule has 0 radical (unpaired) electrons. The van der Waals surface area contributed by atoms with E-state index in [1.165, 1.54) is 5.56 Å². The first-order valence-electron chi connectivity index (χ1n) is 7.50. The minimum atomic E-state index is -0.421. The van der Waals surface area contributed by atoms with E-state index in [0.717, 1.165) is 12.8 Å². The fourth-order valence-electron chi connectivity index (χ4n) is 2.60. The third kappa shape index (κ3) is 4.06. The van der Waals surface area contributed by atoms with Gasteiger partial charge in [-0.1, -0.05) is 51.1 Å². The second kappa shape index (κ2) is 6.29. The molecule has 0 bridgehead atoms. The number of nitrogens with zero attached hydrogens (tertiary/aromatic N) is 1. The number of hydrogen-bond donors (Lipinski definition) is 1. The molecule has 1 aliphatic heterocycles. The summed E-state index contributed by atoms with van der Waals surface area (Å²) in [5.41, 5.74) is 1.00. The van der Waals surface area contributed by atoms with Crippen LogP contribution in [0.2, 0.25) is 0 Å². The lowest BCUT2D eigenvalue weighted by atomic mass is 9.84. The van der Waals surface area contributed by atoms with Crippen LogP contribution in [0.25, 0.3) is 0 Å². The van der Waals surface area contributed by atoms with Gasteiger partial charge in [0.05, 0.1) is 6.54 Å². The Bertz CT molecular complexity index is 505. The summed E-state index contributed by atoms with van der Waals surface area (Å²) in [5, 5.41) is 2.81. The number of benzene rings is 1. The van der Waals surface area contributed by atoms with Crippen molar-refractivity contribution in [1.29, 1.82) is 0 Å². The van der Waals surface area contributed by atoms with Crippen molar-refractivity contribution >= 4 is 11.8 Å². The van der Waals surface area contributed by atoms with E-state index >= 15 is 0 Å². The van der Waals surface area contributed by atoms with Gasteiger partial charge in [-0.3, -0.25) is 9.59 Å². The molecule has 4 nitrogen and oxygen atoms in total. The van der Waals surface area contributed by atoms with Gasteiger partial charge < -0.3 is 10.2 Å². The van der Waals surface area contributed by atoms with Gasteiger partial charge in [-0.25, -0.2) is 0 Å². The Morgan fingerprint density at radius 3 is 2.48 bits per heavy atom. The second-order valence-corrected chi connectivity index (χ2v) is 6.72. The summed E-state index contributed by atoms with van der Waals surface area (Å²) in [4.78, 5) is 26.0. The zero-order chi connectivity index (χ0) is 15.5. The third-order valence-corrected chi connectivity index (χ3v) is 3.80. The van der Waals surface area contributed by atoms with Crippen LogP contribution in [-0.2, 0) is 16.0 Å². The van der Waals surface area contributed by atoms with Crippen LogP contribution in [0.15, 0.2) is 30.3 Å². The number of nitrogens with one attached hydrogen (secondary N) is 1. The van der Waals surface area contributed by atoms with Gasteiger partial charge in [0.25, 0.3) is 0 Å². The maximum absolute atomic E-state index is 12.5. The molecule has 1 aromatic rings. The van der Waals surface area contributed by atoms with Crippen LogP contribution in [0.3, 0.4) is 0 Å². The topological polar surface area (TPSA) is 49.4 Å². The van der Waals surface area contributed by atoms with Gasteiger partial charge in [-0.2, -0.15) is 0 Å². The number of aryl methyl sites for hydroxylation is 1. The Balaban J connectivity index is 1.93. The van der Waals surface area contributed by atoms with Crippen LogP contribution in [-0.4, -0.2) is 35.8 Å². The van der Waals surface area contributed by atoms with Crippen LogP contribution in [0.4, 0.5) is 0 Å². The average molecular weight is 288 g/mol. The lowest BCUT2D eigenvalue weighted by Gasteiger charge is -2.38. The molecule has 114 valence electrons. The Hall–Kier alpha value is -1.84. The van der Waals surface area contributed by atoms with Gasteiger partial charge in [0.1, 0.15) is 6.04 Å². The molecule has 0 saturated carbocycles. The molecule has 1 heterocycles. The summed E-state index contributed by atoms with van der Waals surface area (Å²) in [5.74, 6) is -0.0237. The molecule has 1 saturated heterocycles. The lowest BCUT2D eigenvalue weighted by molar-refractivity contribution is -0.147. The molecule has 0 spiro atoms. The highest BCUT2D eigenvalue weighted by Crippen LogP contribution is 2.23. The van der Waals surface area contributed by atoms with Crippen molar-refractivity contribution in [2.45, 2.75) is 39.7 Å². The van der Waals surface area contributed by atoms with Crippen LogP contribution in [0, 0.1) is 5.41 Å². The molecule has 2 amide bonds. The first-order chi connectivity index (χ1) is 9.88. The number of carbonyl (C=O) groups excluding carboxylic acids is 2. The van der Waals surface area contributed by atoms with E-state index in [1.54, 1.807) is 4.90 Å². The smallest absolute Gasteiger partial charge is 0.246 e. The summed E-state index contributed by atoms with van der Waals surface area (Å²) in [6.07, 6.45) is 1.80. The monoisotopic (exact) mass is 288 g/mol. The van der Waals surface area contributed by atoms with Crippen molar-refractivity contribution in [3.05, 3.63) is 35.9 Å². The second-order valence-electron chi connectivity index (χ2n) is 6.72. The van der Waals surface area contributed by atoms with Crippen LogP contribution in [0.5, 0.6) is 0 Å². The molecular weight excluding hydrogens is 264 g/mol. The Labute approximate surface area is 126 Å². The highest BCUT2D eigenvalue weighted by Gasteiger charge is 2.39. The van der Waals surface area contributed by atoms with Gasteiger partial charge >= 0.3 is 0 Å². The van der Waals surface area contributed by atoms with Crippen molar-refractivity contribution < 1.29 is 9.59 Å². The molecule has 4 heteroatoms. The SMILES string of the molecule is CC(C)(C)C1NC(=O)CN(CCCc2ccccc2)C1=O. The van der Waals surface area contributed by atoms with Crippen LogP contribution < -0.4 is 5.32 Å². The predicted molar refractivity (Wildman–Crippen MR) is 82.7 cm³/mol. The summed E-state index contributed by atoms with van der Waals surface area (Å²) in [6, 6.07) is 9.78. The van der Waals surface area contributed by atoms with Gasteiger partial charge in [0.2, 0.25) is 11.8 Å². The van der Waals surface area contributed by atoms with Gasteiger partial charge in [0, 0.05) is 6.54 Å². The molecule has 1 aliphatic rings. The predicted octanol–water partition coefficient (Wildman–Crippen LogP) is 1.99. The normalized spacial score (nSPS) is 19.6. The summed E-state index contributed by atoms with van der Waals surface area (Å²) >= 11 is 0. The number of carbonyl (C=O) groups is 2. The first-order valence-corrected chi connectivity index (χ1v) is 7.50. The molecular formula is C17H24N2O2. The molecule has 0 aromatic heterocycles. The molecule has 2 rings (SSSR count). The van der Waals surface area contributed by atoms with Crippen LogP contribution >= 0.6 is 0 Å². The minimum Gasteiger partial charge on any atom is -0.342 e. The first kappa shape index (κ1) is 15.5. The van der Waals surface area contributed by atoms with E-state index in [1.807, 2.05) is 39.0 Å². The van der Waals surface area contributed by atoms with Gasteiger partial charge in [-0.15, -0.1) is 0 Å². The average Bonchev–Trinajstić information content (AvgIpc) is 2.42. The zero-order valence-corrected chi connectivity index (χ0v) is 13.1. The van der Waals surface area contributed by atoms with E-state index < -0.39 is 6.04 Å². The number of piperazine rings is 1. The molecule has 1 aromatic carbocycles. The zero-order valence-electron chi connectivity index (χ0n) is 13.1. The fourth-order valence-corrected chi connectivity index (χ4v) is 2.60. The van der Waals surface area contributed by atoms with E-state index in [9.17, 15) is 9.59 Å². The Morgan fingerprint density at radius 1 is 1.19 bits per heavy atom. The van der Waals surface area contributed by atoms with Gasteiger partial charge in [0.15, 0.2) is 0 Å². The molecule has 0 aliphatic carbocycles. The van der Waals surface area contributed by atoms with Crippen molar-refractivity contribution in [3.63, 3.8) is 0 Å². The highest BCUT2D eigenvalue weighted by atomic mass is 16.2. The number of amides is 2. The van der Waals surface area contributed by atoms with E-state index in [0.29, 0.717) is 6.54 Å². The van der Waals surface area contributed by atoms with Crippen molar-refractivity contribution in [2.24, 2.45) is 5.41 Å². The van der Waals surface area contributed by atoms with E-state index in [4.69, 9.17) is 0 Å². The molecule has 21 heavy (non-hydrogen) atoms. The summed E-state index contributed by atoms with van der Waals surface area (Å²) in [7, 11) is 0. The largest absolute Gasteiger partial charge is 0.342 e. The minimum absolute atomic E-state index is 0.0372.